The molecule has 0 aliphatic carbocycles. The molecular formula is C14H22N2O. The molecule has 1 aliphatic heterocycles. The Kier molecular flexibility index (Phi) is 4.54. The Bertz CT molecular complexity index is 354. The number of methoxy groups -OCH3 is 1. The molecule has 3 heteroatoms. The molecule has 1 aliphatic rings. The highest BCUT2D eigenvalue weighted by molar-refractivity contribution is 5.23. The maximum Gasteiger partial charge on any atom is 0.0713 e. The maximum absolute atomic E-state index is 5.17. The molecule has 17 heavy (non-hydrogen) atoms. The molecular weight excluding hydrogens is 212 g/mol. The van der Waals surface area contributed by atoms with E-state index in [-0.39, 0.29) is 0 Å². The molecule has 2 rings (SSSR count). The second-order valence-corrected chi connectivity index (χ2v) is 4.84. The molecule has 94 valence electrons. The fourth-order valence-corrected chi connectivity index (χ4v) is 2.40. The van der Waals surface area contributed by atoms with Gasteiger partial charge in [-0.3, -0.25) is 4.90 Å². The Morgan fingerprint density at radius 1 is 1.41 bits per heavy atom. The van der Waals surface area contributed by atoms with Crippen LogP contribution >= 0.6 is 0 Å². The van der Waals surface area contributed by atoms with Crippen molar-refractivity contribution >= 4 is 0 Å². The van der Waals surface area contributed by atoms with E-state index in [1.165, 1.54) is 11.1 Å². The van der Waals surface area contributed by atoms with Crippen LogP contribution in [0.4, 0.5) is 0 Å². The van der Waals surface area contributed by atoms with E-state index in [0.29, 0.717) is 12.6 Å². The molecule has 1 heterocycles. The first-order valence-electron chi connectivity index (χ1n) is 6.30. The van der Waals surface area contributed by atoms with E-state index in [4.69, 9.17) is 4.74 Å². The Morgan fingerprint density at radius 2 is 2.24 bits per heavy atom. The molecule has 1 saturated heterocycles. The summed E-state index contributed by atoms with van der Waals surface area (Å²) >= 11 is 0. The topological polar surface area (TPSA) is 24.5 Å². The van der Waals surface area contributed by atoms with Gasteiger partial charge in [-0.1, -0.05) is 24.3 Å². The Labute approximate surface area is 104 Å². The minimum Gasteiger partial charge on any atom is -0.380 e. The maximum atomic E-state index is 5.17. The minimum atomic E-state index is 0.603. The summed E-state index contributed by atoms with van der Waals surface area (Å²) in [6.07, 6.45) is 0. The fraction of sp³-hybridized carbons (Fsp3) is 0.571. The summed E-state index contributed by atoms with van der Waals surface area (Å²) in [7, 11) is 1.74. The predicted molar refractivity (Wildman–Crippen MR) is 69.9 cm³/mol. The largest absolute Gasteiger partial charge is 0.380 e. The second kappa shape index (κ2) is 6.15. The molecule has 0 unspecified atom stereocenters. The van der Waals surface area contributed by atoms with Crippen LogP contribution in [0.15, 0.2) is 24.3 Å². The molecule has 1 atom stereocenters. The summed E-state index contributed by atoms with van der Waals surface area (Å²) in [4.78, 5) is 2.51. The Hall–Kier alpha value is -0.900. The number of hydrogen-bond donors (Lipinski definition) is 1. The average Bonchev–Trinajstić information content (AvgIpc) is 2.30. The van der Waals surface area contributed by atoms with Crippen LogP contribution in [0.2, 0.25) is 0 Å². The van der Waals surface area contributed by atoms with E-state index < -0.39 is 0 Å². The Morgan fingerprint density at radius 3 is 3.00 bits per heavy atom. The lowest BCUT2D eigenvalue weighted by Crippen LogP contribution is -2.48. The lowest BCUT2D eigenvalue weighted by molar-refractivity contribution is 0.184. The third-order valence-electron chi connectivity index (χ3n) is 3.16. The zero-order valence-electron chi connectivity index (χ0n) is 10.8. The van der Waals surface area contributed by atoms with E-state index in [1.807, 2.05) is 0 Å². The van der Waals surface area contributed by atoms with E-state index in [1.54, 1.807) is 7.11 Å². The van der Waals surface area contributed by atoms with Gasteiger partial charge in [-0.05, 0) is 18.1 Å². The molecule has 1 aromatic rings. The summed E-state index contributed by atoms with van der Waals surface area (Å²) in [5, 5.41) is 3.47. The van der Waals surface area contributed by atoms with Crippen LogP contribution in [-0.2, 0) is 17.9 Å². The van der Waals surface area contributed by atoms with Gasteiger partial charge in [-0.25, -0.2) is 0 Å². The molecule has 0 bridgehead atoms. The van der Waals surface area contributed by atoms with Crippen LogP contribution in [-0.4, -0.2) is 37.7 Å². The van der Waals surface area contributed by atoms with Crippen molar-refractivity contribution in [2.24, 2.45) is 0 Å². The molecule has 0 aromatic heterocycles. The van der Waals surface area contributed by atoms with Crippen LogP contribution in [0, 0.1) is 0 Å². The average molecular weight is 234 g/mol. The van der Waals surface area contributed by atoms with Gasteiger partial charge in [0, 0.05) is 39.3 Å². The van der Waals surface area contributed by atoms with Gasteiger partial charge in [0.2, 0.25) is 0 Å². The summed E-state index contributed by atoms with van der Waals surface area (Å²) in [5.74, 6) is 0. The highest BCUT2D eigenvalue weighted by atomic mass is 16.5. The highest BCUT2D eigenvalue weighted by Crippen LogP contribution is 2.10. The summed E-state index contributed by atoms with van der Waals surface area (Å²) < 4.78 is 5.17. The van der Waals surface area contributed by atoms with Gasteiger partial charge in [0.25, 0.3) is 0 Å². The molecule has 0 radical (unpaired) electrons. The van der Waals surface area contributed by atoms with Crippen LogP contribution in [0.3, 0.4) is 0 Å². The standard InChI is InChI=1S/C14H22N2O/c1-12-9-16(7-6-15-12)10-13-4-3-5-14(8-13)11-17-2/h3-5,8,12,15H,6-7,9-11H2,1-2H3/t12-/m1/s1. The van der Waals surface area contributed by atoms with Gasteiger partial charge in [-0.15, -0.1) is 0 Å². The van der Waals surface area contributed by atoms with Gasteiger partial charge >= 0.3 is 0 Å². The lowest BCUT2D eigenvalue weighted by atomic mass is 10.1. The molecule has 0 spiro atoms. The summed E-state index contributed by atoms with van der Waals surface area (Å²) in [5.41, 5.74) is 2.64. The van der Waals surface area contributed by atoms with Crippen molar-refractivity contribution in [1.29, 1.82) is 0 Å². The SMILES string of the molecule is COCc1cccc(CN2CCN[C@H](C)C2)c1. The Balaban J connectivity index is 1.95. The van der Waals surface area contributed by atoms with Gasteiger partial charge < -0.3 is 10.1 Å². The molecule has 0 saturated carbocycles. The van der Waals surface area contributed by atoms with Gasteiger partial charge in [0.15, 0.2) is 0 Å². The number of nitrogens with one attached hydrogen (secondary N) is 1. The van der Waals surface area contributed by atoms with E-state index in [9.17, 15) is 0 Å². The van der Waals surface area contributed by atoms with Crippen LogP contribution in [0.5, 0.6) is 0 Å². The number of benzene rings is 1. The zero-order chi connectivity index (χ0) is 12.1. The molecule has 1 N–H and O–H groups in total. The first-order valence-corrected chi connectivity index (χ1v) is 6.30. The normalized spacial score (nSPS) is 21.6. The number of rotatable bonds is 4. The smallest absolute Gasteiger partial charge is 0.0713 e. The lowest BCUT2D eigenvalue weighted by Gasteiger charge is -2.31. The van der Waals surface area contributed by atoms with E-state index >= 15 is 0 Å². The number of ether oxygens (including phenoxy) is 1. The number of nitrogens with zero attached hydrogens (tertiary/aromatic N) is 1. The monoisotopic (exact) mass is 234 g/mol. The quantitative estimate of drug-likeness (QED) is 0.857. The van der Waals surface area contributed by atoms with Crippen molar-refractivity contribution in [2.45, 2.75) is 26.1 Å². The van der Waals surface area contributed by atoms with Crippen LogP contribution in [0.1, 0.15) is 18.1 Å². The zero-order valence-corrected chi connectivity index (χ0v) is 10.8. The minimum absolute atomic E-state index is 0.603. The van der Waals surface area contributed by atoms with E-state index in [0.717, 1.165) is 26.2 Å². The summed E-state index contributed by atoms with van der Waals surface area (Å²) in [6, 6.07) is 9.29. The van der Waals surface area contributed by atoms with Crippen LogP contribution < -0.4 is 5.32 Å². The molecule has 1 fully saturated rings. The van der Waals surface area contributed by atoms with E-state index in [2.05, 4.69) is 41.4 Å². The second-order valence-electron chi connectivity index (χ2n) is 4.84. The van der Waals surface area contributed by atoms with Gasteiger partial charge in [0.1, 0.15) is 0 Å². The number of hydrogen-bond acceptors (Lipinski definition) is 3. The third kappa shape index (κ3) is 3.80. The van der Waals surface area contributed by atoms with Gasteiger partial charge in [0.05, 0.1) is 6.61 Å². The van der Waals surface area contributed by atoms with Crippen molar-refractivity contribution in [1.82, 2.24) is 10.2 Å². The predicted octanol–water partition coefficient (Wildman–Crippen LogP) is 1.63. The van der Waals surface area contributed by atoms with Crippen molar-refractivity contribution < 1.29 is 4.74 Å². The molecule has 1 aromatic carbocycles. The molecule has 0 amide bonds. The first-order chi connectivity index (χ1) is 8.28. The highest BCUT2D eigenvalue weighted by Gasteiger charge is 2.15. The van der Waals surface area contributed by atoms with Crippen LogP contribution in [0.25, 0.3) is 0 Å². The van der Waals surface area contributed by atoms with Crippen molar-refractivity contribution in [2.75, 3.05) is 26.7 Å². The van der Waals surface area contributed by atoms with Crippen molar-refractivity contribution in [3.63, 3.8) is 0 Å². The fourth-order valence-electron chi connectivity index (χ4n) is 2.40. The number of piperazine rings is 1. The summed E-state index contributed by atoms with van der Waals surface area (Å²) in [6.45, 7) is 7.36. The van der Waals surface area contributed by atoms with Gasteiger partial charge in [-0.2, -0.15) is 0 Å². The first kappa shape index (κ1) is 12.6. The van der Waals surface area contributed by atoms with Crippen molar-refractivity contribution in [3.8, 4) is 0 Å². The van der Waals surface area contributed by atoms with Crippen molar-refractivity contribution in [3.05, 3.63) is 35.4 Å². The third-order valence-corrected chi connectivity index (χ3v) is 3.16. The molecule has 3 nitrogen and oxygen atoms in total.